The van der Waals surface area contributed by atoms with Gasteiger partial charge in [0, 0.05) is 26.1 Å². The Morgan fingerprint density at radius 2 is 2.33 bits per heavy atom. The van der Waals surface area contributed by atoms with Crippen molar-refractivity contribution in [1.82, 2.24) is 15.5 Å². The molecule has 6 heteroatoms. The molecule has 2 rings (SSSR count). The number of hydrogen-bond donors (Lipinski definition) is 1. The van der Waals surface area contributed by atoms with Crippen LogP contribution in [0.3, 0.4) is 0 Å². The predicted molar refractivity (Wildman–Crippen MR) is 66.4 cm³/mol. The number of piperidine rings is 1. The summed E-state index contributed by atoms with van der Waals surface area (Å²) in [5.41, 5.74) is 0.296. The first-order valence-corrected chi connectivity index (χ1v) is 6.00. The van der Waals surface area contributed by atoms with Crippen LogP contribution in [-0.2, 0) is 4.79 Å². The number of carbonyl (C=O) groups excluding carboxylic acids is 2. The van der Waals surface area contributed by atoms with Gasteiger partial charge in [0.15, 0.2) is 11.5 Å². The molecule has 1 atom stereocenters. The number of aromatic nitrogens is 2. The fourth-order valence-corrected chi connectivity index (χ4v) is 2.07. The van der Waals surface area contributed by atoms with E-state index in [0.29, 0.717) is 18.1 Å². The third-order valence-corrected chi connectivity index (χ3v) is 3.08. The Labute approximate surface area is 105 Å². The average Bonchev–Trinajstić information content (AvgIpc) is 2.46. The molecule has 6 nitrogen and oxygen atoms in total. The zero-order valence-corrected chi connectivity index (χ0v) is 10.3. The van der Waals surface area contributed by atoms with E-state index in [9.17, 15) is 9.59 Å². The summed E-state index contributed by atoms with van der Waals surface area (Å²) in [6.07, 6.45) is 2.91. The summed E-state index contributed by atoms with van der Waals surface area (Å²) in [5, 5.41) is 10.4. The van der Waals surface area contributed by atoms with E-state index >= 15 is 0 Å². The molecule has 1 aliphatic rings. The number of aldehydes is 1. The van der Waals surface area contributed by atoms with E-state index < -0.39 is 0 Å². The fraction of sp³-hybridized carbons (Fsp3) is 0.500. The van der Waals surface area contributed by atoms with Crippen molar-refractivity contribution in [1.29, 1.82) is 0 Å². The smallest absolute Gasteiger partial charge is 0.271 e. The van der Waals surface area contributed by atoms with Crippen molar-refractivity contribution in [3.05, 3.63) is 17.8 Å². The SMILES string of the molecule is CNC(=O)c1ccc(N2CCCC(C=O)C2)nn1. The van der Waals surface area contributed by atoms with Crippen molar-refractivity contribution in [3.63, 3.8) is 0 Å². The van der Waals surface area contributed by atoms with E-state index in [1.807, 2.05) is 4.90 Å². The lowest BCUT2D eigenvalue weighted by Crippen LogP contribution is -2.36. The third kappa shape index (κ3) is 2.64. The van der Waals surface area contributed by atoms with Crippen LogP contribution in [0.25, 0.3) is 0 Å². The van der Waals surface area contributed by atoms with Crippen LogP contribution in [0.15, 0.2) is 12.1 Å². The molecular weight excluding hydrogens is 232 g/mol. The van der Waals surface area contributed by atoms with Crippen LogP contribution in [-0.4, -0.2) is 42.5 Å². The molecule has 0 radical (unpaired) electrons. The predicted octanol–water partition coefficient (Wildman–Crippen LogP) is 0.251. The van der Waals surface area contributed by atoms with Crippen LogP contribution in [0.2, 0.25) is 0 Å². The molecule has 0 saturated carbocycles. The highest BCUT2D eigenvalue weighted by Gasteiger charge is 2.20. The minimum Gasteiger partial charge on any atom is -0.354 e. The number of rotatable bonds is 3. The second kappa shape index (κ2) is 5.57. The molecule has 1 saturated heterocycles. The van der Waals surface area contributed by atoms with E-state index in [-0.39, 0.29) is 11.8 Å². The van der Waals surface area contributed by atoms with Crippen LogP contribution in [0, 0.1) is 5.92 Å². The van der Waals surface area contributed by atoms with Crippen LogP contribution >= 0.6 is 0 Å². The van der Waals surface area contributed by atoms with Gasteiger partial charge in [-0.15, -0.1) is 10.2 Å². The monoisotopic (exact) mass is 248 g/mol. The van der Waals surface area contributed by atoms with Crippen LogP contribution in [0.4, 0.5) is 5.82 Å². The van der Waals surface area contributed by atoms with Gasteiger partial charge in [-0.25, -0.2) is 0 Å². The number of nitrogens with zero attached hydrogens (tertiary/aromatic N) is 3. The quantitative estimate of drug-likeness (QED) is 0.776. The first kappa shape index (κ1) is 12.5. The summed E-state index contributed by atoms with van der Waals surface area (Å²) in [6, 6.07) is 3.41. The van der Waals surface area contributed by atoms with Gasteiger partial charge in [-0.1, -0.05) is 0 Å². The topological polar surface area (TPSA) is 75.2 Å². The maximum Gasteiger partial charge on any atom is 0.271 e. The van der Waals surface area contributed by atoms with Gasteiger partial charge < -0.3 is 15.0 Å². The molecule has 0 bridgehead atoms. The van der Waals surface area contributed by atoms with Gasteiger partial charge >= 0.3 is 0 Å². The maximum atomic E-state index is 11.3. The van der Waals surface area contributed by atoms with Gasteiger partial charge in [-0.05, 0) is 25.0 Å². The fourth-order valence-electron chi connectivity index (χ4n) is 2.07. The van der Waals surface area contributed by atoms with Crippen molar-refractivity contribution in [2.45, 2.75) is 12.8 Å². The molecule has 0 spiro atoms. The van der Waals surface area contributed by atoms with Gasteiger partial charge in [0.05, 0.1) is 0 Å². The minimum atomic E-state index is -0.251. The number of anilines is 1. The van der Waals surface area contributed by atoms with Gasteiger partial charge in [-0.3, -0.25) is 4.79 Å². The number of carbonyl (C=O) groups is 2. The molecule has 1 amide bonds. The third-order valence-electron chi connectivity index (χ3n) is 3.08. The zero-order chi connectivity index (χ0) is 13.0. The highest BCUT2D eigenvalue weighted by atomic mass is 16.1. The lowest BCUT2D eigenvalue weighted by molar-refractivity contribution is -0.111. The van der Waals surface area contributed by atoms with Crippen LogP contribution in [0.1, 0.15) is 23.3 Å². The van der Waals surface area contributed by atoms with Gasteiger partial charge in [0.1, 0.15) is 6.29 Å². The van der Waals surface area contributed by atoms with Gasteiger partial charge in [0.25, 0.3) is 5.91 Å². The van der Waals surface area contributed by atoms with Crippen molar-refractivity contribution in [2.24, 2.45) is 5.92 Å². The standard InChI is InChI=1S/C12H16N4O2/c1-13-12(18)10-4-5-11(15-14-10)16-6-2-3-9(7-16)8-17/h4-5,8-9H,2-3,6-7H2,1H3,(H,13,18). The Hall–Kier alpha value is -1.98. The molecule has 1 aromatic heterocycles. The van der Waals surface area contributed by atoms with E-state index in [1.165, 1.54) is 0 Å². The van der Waals surface area contributed by atoms with Crippen LogP contribution < -0.4 is 10.2 Å². The highest BCUT2D eigenvalue weighted by Crippen LogP contribution is 2.19. The molecule has 1 N–H and O–H groups in total. The molecule has 1 aliphatic heterocycles. The lowest BCUT2D eigenvalue weighted by Gasteiger charge is -2.30. The molecule has 0 aromatic carbocycles. The minimum absolute atomic E-state index is 0.0687. The summed E-state index contributed by atoms with van der Waals surface area (Å²) < 4.78 is 0. The van der Waals surface area contributed by atoms with Crippen molar-refractivity contribution in [2.75, 3.05) is 25.0 Å². The summed E-state index contributed by atoms with van der Waals surface area (Å²) in [6.45, 7) is 1.55. The molecule has 18 heavy (non-hydrogen) atoms. The summed E-state index contributed by atoms with van der Waals surface area (Å²) in [5.74, 6) is 0.534. The highest BCUT2D eigenvalue weighted by molar-refractivity contribution is 5.91. The Morgan fingerprint density at radius 1 is 1.50 bits per heavy atom. The average molecular weight is 248 g/mol. The Morgan fingerprint density at radius 3 is 2.94 bits per heavy atom. The van der Waals surface area contributed by atoms with Crippen LogP contribution in [0.5, 0.6) is 0 Å². The van der Waals surface area contributed by atoms with Crippen molar-refractivity contribution >= 4 is 18.0 Å². The van der Waals surface area contributed by atoms with Gasteiger partial charge in [-0.2, -0.15) is 0 Å². The number of nitrogens with one attached hydrogen (secondary N) is 1. The van der Waals surface area contributed by atoms with E-state index in [4.69, 9.17) is 0 Å². The molecule has 0 aliphatic carbocycles. The normalized spacial score (nSPS) is 19.4. The number of hydrogen-bond acceptors (Lipinski definition) is 5. The zero-order valence-electron chi connectivity index (χ0n) is 10.3. The van der Waals surface area contributed by atoms with E-state index in [2.05, 4.69) is 15.5 Å². The van der Waals surface area contributed by atoms with Gasteiger partial charge in [0.2, 0.25) is 0 Å². The Kier molecular flexibility index (Phi) is 3.86. The molecule has 1 fully saturated rings. The molecule has 96 valence electrons. The first-order valence-electron chi connectivity index (χ1n) is 6.00. The summed E-state index contributed by atoms with van der Waals surface area (Å²) >= 11 is 0. The second-order valence-corrected chi connectivity index (χ2v) is 4.34. The largest absolute Gasteiger partial charge is 0.354 e. The lowest BCUT2D eigenvalue weighted by atomic mass is 10.00. The summed E-state index contributed by atoms with van der Waals surface area (Å²) in [7, 11) is 1.55. The molecule has 2 heterocycles. The summed E-state index contributed by atoms with van der Waals surface area (Å²) in [4.78, 5) is 24.2. The first-order chi connectivity index (χ1) is 8.74. The van der Waals surface area contributed by atoms with E-state index in [0.717, 1.165) is 25.7 Å². The van der Waals surface area contributed by atoms with Crippen molar-refractivity contribution in [3.8, 4) is 0 Å². The molecule has 1 aromatic rings. The maximum absolute atomic E-state index is 11.3. The Bertz CT molecular complexity index is 432. The molecule has 1 unspecified atom stereocenters. The second-order valence-electron chi connectivity index (χ2n) is 4.34. The number of amides is 1. The van der Waals surface area contributed by atoms with Crippen molar-refractivity contribution < 1.29 is 9.59 Å². The molecular formula is C12H16N4O2. The van der Waals surface area contributed by atoms with E-state index in [1.54, 1.807) is 19.2 Å². The Balaban J connectivity index is 2.09.